The summed E-state index contributed by atoms with van der Waals surface area (Å²) >= 11 is 0. The Hall–Kier alpha value is -2.76. The highest BCUT2D eigenvalue weighted by molar-refractivity contribution is 5.99. The summed E-state index contributed by atoms with van der Waals surface area (Å²) in [5.74, 6) is -0.808. The fourth-order valence-corrected chi connectivity index (χ4v) is 1.80. The number of carbonyl (C=O) groups is 1. The first-order valence-electron chi connectivity index (χ1n) is 6.19. The fraction of sp³-hybridized carbons (Fsp3) is 0.133. The number of nitro benzene ring substituents is 1. The number of ether oxygens (including phenoxy) is 1. The maximum atomic E-state index is 12.8. The number of halogens is 1. The van der Waals surface area contributed by atoms with Crippen LogP contribution < -0.4 is 4.74 Å². The van der Waals surface area contributed by atoms with E-state index in [1.54, 1.807) is 6.07 Å². The lowest BCUT2D eigenvalue weighted by atomic mass is 10.1. The Morgan fingerprint density at radius 3 is 2.43 bits per heavy atom. The molecule has 0 unspecified atom stereocenters. The Morgan fingerprint density at radius 1 is 1.19 bits per heavy atom. The van der Waals surface area contributed by atoms with E-state index in [2.05, 4.69) is 0 Å². The van der Waals surface area contributed by atoms with Crippen LogP contribution in [0.2, 0.25) is 0 Å². The summed E-state index contributed by atoms with van der Waals surface area (Å²) in [6.45, 7) is 1.49. The van der Waals surface area contributed by atoms with Crippen molar-refractivity contribution in [3.05, 3.63) is 70.0 Å². The average Bonchev–Trinajstić information content (AvgIpc) is 2.47. The lowest BCUT2D eigenvalue weighted by molar-refractivity contribution is -0.386. The molecule has 0 N–H and O–H groups in total. The number of Topliss-reactive ketones (excluding diaryl/α,β-unsaturated/α-hetero) is 1. The van der Waals surface area contributed by atoms with Gasteiger partial charge in [-0.3, -0.25) is 14.9 Å². The number of para-hydroxylation sites is 2. The number of rotatable bonds is 5. The molecule has 0 aliphatic rings. The highest BCUT2D eigenvalue weighted by atomic mass is 19.1. The molecule has 0 aliphatic heterocycles. The smallest absolute Gasteiger partial charge is 0.310 e. The topological polar surface area (TPSA) is 69.4 Å². The molecule has 2 aromatic rings. The van der Waals surface area contributed by atoms with Crippen molar-refractivity contribution < 1.29 is 18.8 Å². The molecular formula is C15H12FNO4. The van der Waals surface area contributed by atoms with Gasteiger partial charge in [0, 0.05) is 11.6 Å². The first kappa shape index (κ1) is 14.6. The quantitative estimate of drug-likeness (QED) is 0.480. The SMILES string of the molecule is C[C@@H](Oc1ccccc1[N+](=O)[O-])C(=O)c1ccc(F)cc1. The minimum atomic E-state index is -0.920. The molecule has 0 spiro atoms. The van der Waals surface area contributed by atoms with Gasteiger partial charge in [-0.25, -0.2) is 4.39 Å². The minimum Gasteiger partial charge on any atom is -0.475 e. The zero-order valence-corrected chi connectivity index (χ0v) is 11.2. The molecule has 0 saturated heterocycles. The summed E-state index contributed by atoms with van der Waals surface area (Å²) < 4.78 is 18.2. The summed E-state index contributed by atoms with van der Waals surface area (Å²) in [4.78, 5) is 22.4. The predicted octanol–water partition coefficient (Wildman–Crippen LogP) is 3.38. The molecule has 5 nitrogen and oxygen atoms in total. The molecular weight excluding hydrogens is 277 g/mol. The van der Waals surface area contributed by atoms with Crippen LogP contribution in [0.15, 0.2) is 48.5 Å². The monoisotopic (exact) mass is 289 g/mol. The summed E-state index contributed by atoms with van der Waals surface area (Å²) in [7, 11) is 0. The van der Waals surface area contributed by atoms with Gasteiger partial charge >= 0.3 is 5.69 Å². The van der Waals surface area contributed by atoms with E-state index in [9.17, 15) is 19.3 Å². The Balaban J connectivity index is 2.18. The molecule has 21 heavy (non-hydrogen) atoms. The second-order valence-corrected chi connectivity index (χ2v) is 4.36. The zero-order valence-electron chi connectivity index (χ0n) is 11.2. The molecule has 0 aliphatic carbocycles. The van der Waals surface area contributed by atoms with Crippen LogP contribution in [0.3, 0.4) is 0 Å². The lowest BCUT2D eigenvalue weighted by Crippen LogP contribution is -2.24. The molecule has 1 atom stereocenters. The molecule has 2 aromatic carbocycles. The number of carbonyl (C=O) groups excluding carboxylic acids is 1. The largest absolute Gasteiger partial charge is 0.475 e. The van der Waals surface area contributed by atoms with Crippen LogP contribution in [0, 0.1) is 15.9 Å². The van der Waals surface area contributed by atoms with E-state index in [1.807, 2.05) is 0 Å². The van der Waals surface area contributed by atoms with Crippen molar-refractivity contribution in [1.29, 1.82) is 0 Å². The van der Waals surface area contributed by atoms with Crippen LogP contribution in [-0.4, -0.2) is 16.8 Å². The number of benzene rings is 2. The maximum Gasteiger partial charge on any atom is 0.310 e. The van der Waals surface area contributed by atoms with Crippen LogP contribution in [0.1, 0.15) is 17.3 Å². The van der Waals surface area contributed by atoms with E-state index in [4.69, 9.17) is 4.74 Å². The van der Waals surface area contributed by atoms with Gasteiger partial charge in [0.1, 0.15) is 5.82 Å². The molecule has 0 saturated carbocycles. The molecule has 2 rings (SSSR count). The van der Waals surface area contributed by atoms with Crippen molar-refractivity contribution in [1.82, 2.24) is 0 Å². The van der Waals surface area contributed by atoms with E-state index >= 15 is 0 Å². The third kappa shape index (κ3) is 3.42. The molecule has 0 fully saturated rings. The van der Waals surface area contributed by atoms with E-state index in [-0.39, 0.29) is 22.8 Å². The highest BCUT2D eigenvalue weighted by Gasteiger charge is 2.21. The van der Waals surface area contributed by atoms with Gasteiger partial charge in [-0.05, 0) is 37.3 Å². The Bertz CT molecular complexity index is 670. The predicted molar refractivity (Wildman–Crippen MR) is 73.9 cm³/mol. The third-order valence-corrected chi connectivity index (χ3v) is 2.86. The van der Waals surface area contributed by atoms with E-state index in [0.717, 1.165) is 0 Å². The molecule has 0 radical (unpaired) electrons. The van der Waals surface area contributed by atoms with Crippen molar-refractivity contribution in [2.75, 3.05) is 0 Å². The van der Waals surface area contributed by atoms with Crippen LogP contribution in [0.25, 0.3) is 0 Å². The van der Waals surface area contributed by atoms with Crippen molar-refractivity contribution in [3.8, 4) is 5.75 Å². The second-order valence-electron chi connectivity index (χ2n) is 4.36. The highest BCUT2D eigenvalue weighted by Crippen LogP contribution is 2.27. The minimum absolute atomic E-state index is 0.0189. The summed E-state index contributed by atoms with van der Waals surface area (Å²) in [5, 5.41) is 10.9. The van der Waals surface area contributed by atoms with Crippen LogP contribution in [0.5, 0.6) is 5.75 Å². The summed E-state index contributed by atoms with van der Waals surface area (Å²) in [6.07, 6.45) is -0.920. The van der Waals surface area contributed by atoms with Gasteiger partial charge in [0.25, 0.3) is 0 Å². The molecule has 0 aromatic heterocycles. The van der Waals surface area contributed by atoms with Gasteiger partial charge < -0.3 is 4.74 Å². The van der Waals surface area contributed by atoms with Crippen molar-refractivity contribution >= 4 is 11.5 Å². The van der Waals surface area contributed by atoms with Crippen LogP contribution in [-0.2, 0) is 0 Å². The summed E-state index contributed by atoms with van der Waals surface area (Å²) in [5.41, 5.74) is 0.0683. The molecule has 6 heteroatoms. The number of hydrogen-bond acceptors (Lipinski definition) is 4. The van der Waals surface area contributed by atoms with Crippen molar-refractivity contribution in [2.45, 2.75) is 13.0 Å². The molecule has 0 heterocycles. The Labute approximate surface area is 120 Å². The van der Waals surface area contributed by atoms with Gasteiger partial charge in [0.2, 0.25) is 5.78 Å². The standard InChI is InChI=1S/C15H12FNO4/c1-10(15(18)11-6-8-12(16)9-7-11)21-14-5-3-2-4-13(14)17(19)20/h2-10H,1H3/t10-/m1/s1. The zero-order chi connectivity index (χ0) is 15.4. The molecule has 0 bridgehead atoms. The third-order valence-electron chi connectivity index (χ3n) is 2.86. The van der Waals surface area contributed by atoms with Gasteiger partial charge in [0.05, 0.1) is 4.92 Å². The normalized spacial score (nSPS) is 11.7. The Kier molecular flexibility index (Phi) is 4.27. The van der Waals surface area contributed by atoms with Crippen LogP contribution >= 0.6 is 0 Å². The number of hydrogen-bond donors (Lipinski definition) is 0. The second kappa shape index (κ2) is 6.13. The van der Waals surface area contributed by atoms with Gasteiger partial charge in [0.15, 0.2) is 11.9 Å². The van der Waals surface area contributed by atoms with E-state index < -0.39 is 16.8 Å². The van der Waals surface area contributed by atoms with E-state index in [1.165, 1.54) is 49.4 Å². The van der Waals surface area contributed by atoms with Crippen LogP contribution in [0.4, 0.5) is 10.1 Å². The van der Waals surface area contributed by atoms with Gasteiger partial charge in [-0.1, -0.05) is 12.1 Å². The number of nitrogens with zero attached hydrogens (tertiary/aromatic N) is 1. The maximum absolute atomic E-state index is 12.8. The Morgan fingerprint density at radius 2 is 1.81 bits per heavy atom. The van der Waals surface area contributed by atoms with Crippen molar-refractivity contribution in [2.24, 2.45) is 0 Å². The first-order chi connectivity index (χ1) is 9.99. The fourth-order valence-electron chi connectivity index (χ4n) is 1.80. The molecule has 0 amide bonds. The average molecular weight is 289 g/mol. The first-order valence-corrected chi connectivity index (χ1v) is 6.19. The van der Waals surface area contributed by atoms with Gasteiger partial charge in [-0.2, -0.15) is 0 Å². The lowest BCUT2D eigenvalue weighted by Gasteiger charge is -2.13. The van der Waals surface area contributed by atoms with Gasteiger partial charge in [-0.15, -0.1) is 0 Å². The molecule has 108 valence electrons. The number of ketones is 1. The van der Waals surface area contributed by atoms with E-state index in [0.29, 0.717) is 0 Å². The number of nitro groups is 1. The van der Waals surface area contributed by atoms with Crippen molar-refractivity contribution in [3.63, 3.8) is 0 Å². The summed E-state index contributed by atoms with van der Waals surface area (Å²) in [6, 6.07) is 10.8.